The normalized spacial score (nSPS) is 37.8. The Labute approximate surface area is 115 Å². The molecule has 1 fully saturated rings. The summed E-state index contributed by atoms with van der Waals surface area (Å²) in [7, 11) is 0. The lowest BCUT2D eigenvalue weighted by molar-refractivity contribution is -0.0934. The van der Waals surface area contributed by atoms with E-state index >= 15 is 0 Å². The van der Waals surface area contributed by atoms with Crippen molar-refractivity contribution in [2.24, 2.45) is 23.7 Å². The minimum Gasteiger partial charge on any atom is -0.508 e. The molecule has 1 aromatic rings. The van der Waals surface area contributed by atoms with E-state index in [4.69, 9.17) is 4.74 Å². The van der Waals surface area contributed by atoms with Crippen LogP contribution in [0.15, 0.2) is 35.9 Å². The van der Waals surface area contributed by atoms with E-state index < -0.39 is 0 Å². The van der Waals surface area contributed by atoms with Crippen molar-refractivity contribution >= 4 is 0 Å². The fourth-order valence-corrected chi connectivity index (χ4v) is 3.91. The summed E-state index contributed by atoms with van der Waals surface area (Å²) in [6.45, 7) is 7.73. The summed E-state index contributed by atoms with van der Waals surface area (Å²) in [4.78, 5) is 0. The van der Waals surface area contributed by atoms with Crippen LogP contribution in [0, 0.1) is 23.7 Å². The lowest BCUT2D eigenvalue weighted by Gasteiger charge is -2.47. The zero-order chi connectivity index (χ0) is 13.6. The van der Waals surface area contributed by atoms with E-state index in [1.165, 1.54) is 11.1 Å². The summed E-state index contributed by atoms with van der Waals surface area (Å²) in [5.41, 5.74) is 2.63. The molecule has 102 valence electrons. The number of hydrogen-bond donors (Lipinski definition) is 1. The SMILES string of the molecule is CC1=C[C@@H](C)[C@H]2CO[C@@H](c3ccc(O)cc3)[C@@H]1[C@@H]2C. The fourth-order valence-electron chi connectivity index (χ4n) is 3.91. The topological polar surface area (TPSA) is 29.5 Å². The van der Waals surface area contributed by atoms with E-state index in [-0.39, 0.29) is 6.10 Å². The molecule has 5 atom stereocenters. The van der Waals surface area contributed by atoms with Crippen LogP contribution in [0.25, 0.3) is 0 Å². The number of ether oxygens (including phenoxy) is 1. The molecule has 0 saturated carbocycles. The summed E-state index contributed by atoms with van der Waals surface area (Å²) >= 11 is 0. The third kappa shape index (κ3) is 2.08. The van der Waals surface area contributed by atoms with Gasteiger partial charge >= 0.3 is 0 Å². The van der Waals surface area contributed by atoms with Crippen molar-refractivity contribution in [3.05, 3.63) is 41.5 Å². The second kappa shape index (κ2) is 4.68. The van der Waals surface area contributed by atoms with Crippen LogP contribution >= 0.6 is 0 Å². The van der Waals surface area contributed by atoms with E-state index in [1.54, 1.807) is 12.1 Å². The maximum Gasteiger partial charge on any atom is 0.115 e. The van der Waals surface area contributed by atoms with Crippen molar-refractivity contribution in [2.45, 2.75) is 26.9 Å². The van der Waals surface area contributed by atoms with Crippen LogP contribution in [0.1, 0.15) is 32.4 Å². The van der Waals surface area contributed by atoms with Crippen molar-refractivity contribution in [1.82, 2.24) is 0 Å². The van der Waals surface area contributed by atoms with Crippen molar-refractivity contribution in [1.29, 1.82) is 0 Å². The first kappa shape index (κ1) is 12.7. The molecule has 0 aromatic heterocycles. The molecule has 1 aliphatic heterocycles. The van der Waals surface area contributed by atoms with Crippen LogP contribution < -0.4 is 0 Å². The van der Waals surface area contributed by atoms with E-state index in [1.807, 2.05) is 12.1 Å². The summed E-state index contributed by atoms with van der Waals surface area (Å²) < 4.78 is 6.16. The Bertz CT molecular complexity index is 488. The highest BCUT2D eigenvalue weighted by Gasteiger charge is 2.43. The Kier molecular flexibility index (Phi) is 3.14. The minimum absolute atomic E-state index is 0.135. The number of hydrogen-bond acceptors (Lipinski definition) is 2. The standard InChI is InChI=1S/C17H22O2/c1-10-8-11(2)16-12(3)15(10)9-19-17(16)13-4-6-14(18)7-5-13/h4-8,10,12,15-18H,9H2,1-3H3/t10-,12-,15-,16+,17+/m1/s1. The Balaban J connectivity index is 1.96. The Morgan fingerprint density at radius 1 is 1.16 bits per heavy atom. The molecule has 1 aliphatic carbocycles. The summed E-state index contributed by atoms with van der Waals surface area (Å²) in [5, 5.41) is 9.42. The number of aromatic hydroxyl groups is 1. The zero-order valence-electron chi connectivity index (χ0n) is 11.8. The number of phenolic OH excluding ortho intramolecular Hbond substituents is 1. The van der Waals surface area contributed by atoms with Crippen LogP contribution in [0.3, 0.4) is 0 Å². The van der Waals surface area contributed by atoms with Crippen molar-refractivity contribution in [3.8, 4) is 5.75 Å². The number of fused-ring (bicyclic) bond motifs is 2. The highest BCUT2D eigenvalue weighted by Crippen LogP contribution is 2.49. The minimum atomic E-state index is 0.135. The van der Waals surface area contributed by atoms with Gasteiger partial charge in [0.1, 0.15) is 5.75 Å². The maximum atomic E-state index is 9.42. The van der Waals surface area contributed by atoms with Gasteiger partial charge in [-0.05, 0) is 42.4 Å². The average molecular weight is 258 g/mol. The molecule has 19 heavy (non-hydrogen) atoms. The molecule has 1 aromatic carbocycles. The van der Waals surface area contributed by atoms with Gasteiger partial charge in [0.25, 0.3) is 0 Å². The van der Waals surface area contributed by atoms with E-state index in [0.29, 0.717) is 29.4 Å². The van der Waals surface area contributed by atoms with Gasteiger partial charge < -0.3 is 9.84 Å². The molecule has 1 N–H and O–H groups in total. The van der Waals surface area contributed by atoms with Gasteiger partial charge in [0.2, 0.25) is 0 Å². The molecule has 2 nitrogen and oxygen atoms in total. The van der Waals surface area contributed by atoms with Crippen LogP contribution in [0.4, 0.5) is 0 Å². The van der Waals surface area contributed by atoms with Crippen LogP contribution in [0.5, 0.6) is 5.75 Å². The third-order valence-electron chi connectivity index (χ3n) is 4.98. The zero-order valence-corrected chi connectivity index (χ0v) is 11.8. The van der Waals surface area contributed by atoms with Crippen LogP contribution in [0.2, 0.25) is 0 Å². The highest BCUT2D eigenvalue weighted by atomic mass is 16.5. The molecule has 2 aliphatic rings. The fraction of sp³-hybridized carbons (Fsp3) is 0.529. The molecule has 0 unspecified atom stereocenters. The molecule has 3 rings (SSSR count). The van der Waals surface area contributed by atoms with E-state index in [0.717, 1.165) is 6.61 Å². The Morgan fingerprint density at radius 3 is 2.53 bits per heavy atom. The van der Waals surface area contributed by atoms with Gasteiger partial charge in [-0.15, -0.1) is 0 Å². The van der Waals surface area contributed by atoms with Gasteiger partial charge in [-0.3, -0.25) is 0 Å². The largest absolute Gasteiger partial charge is 0.508 e. The number of phenols is 1. The Morgan fingerprint density at radius 2 is 1.84 bits per heavy atom. The lowest BCUT2D eigenvalue weighted by Crippen LogP contribution is -2.42. The Hall–Kier alpha value is -1.28. The molecule has 1 saturated heterocycles. The van der Waals surface area contributed by atoms with E-state index in [2.05, 4.69) is 26.8 Å². The highest BCUT2D eigenvalue weighted by molar-refractivity contribution is 5.30. The van der Waals surface area contributed by atoms with Crippen molar-refractivity contribution < 1.29 is 9.84 Å². The van der Waals surface area contributed by atoms with Gasteiger partial charge in [-0.1, -0.05) is 37.6 Å². The maximum absolute atomic E-state index is 9.42. The summed E-state index contributed by atoms with van der Waals surface area (Å²) in [6, 6.07) is 7.47. The molecule has 0 amide bonds. The number of allylic oxidation sites excluding steroid dienone is 1. The molecule has 0 spiro atoms. The molecule has 0 radical (unpaired) electrons. The van der Waals surface area contributed by atoms with E-state index in [9.17, 15) is 5.11 Å². The first-order valence-electron chi connectivity index (χ1n) is 7.16. The number of benzene rings is 1. The quantitative estimate of drug-likeness (QED) is 0.773. The molecule has 2 bridgehead atoms. The first-order chi connectivity index (χ1) is 9.08. The first-order valence-corrected chi connectivity index (χ1v) is 7.16. The predicted octanol–water partition coefficient (Wildman–Crippen LogP) is 3.93. The lowest BCUT2D eigenvalue weighted by atomic mass is 9.64. The number of rotatable bonds is 1. The van der Waals surface area contributed by atoms with Gasteiger partial charge in [0.15, 0.2) is 0 Å². The molecular formula is C17H22O2. The van der Waals surface area contributed by atoms with Gasteiger partial charge in [0.05, 0.1) is 12.7 Å². The molecule has 2 heteroatoms. The molecular weight excluding hydrogens is 236 g/mol. The van der Waals surface area contributed by atoms with Crippen molar-refractivity contribution in [2.75, 3.05) is 6.61 Å². The summed E-state index contributed by atoms with van der Waals surface area (Å²) in [6.07, 6.45) is 2.56. The van der Waals surface area contributed by atoms with Crippen LogP contribution in [-0.2, 0) is 4.74 Å². The average Bonchev–Trinajstić information content (AvgIpc) is 2.37. The van der Waals surface area contributed by atoms with Crippen molar-refractivity contribution in [3.63, 3.8) is 0 Å². The second-order valence-electron chi connectivity index (χ2n) is 6.16. The van der Waals surface area contributed by atoms with Gasteiger partial charge in [-0.25, -0.2) is 0 Å². The smallest absolute Gasteiger partial charge is 0.115 e. The van der Waals surface area contributed by atoms with Gasteiger partial charge in [0, 0.05) is 5.92 Å². The summed E-state index contributed by atoms with van der Waals surface area (Å²) in [5.74, 6) is 2.70. The monoisotopic (exact) mass is 258 g/mol. The second-order valence-corrected chi connectivity index (χ2v) is 6.16. The third-order valence-corrected chi connectivity index (χ3v) is 4.98. The molecule has 1 heterocycles. The van der Waals surface area contributed by atoms with Crippen LogP contribution in [-0.4, -0.2) is 11.7 Å². The van der Waals surface area contributed by atoms with Gasteiger partial charge in [-0.2, -0.15) is 0 Å². The predicted molar refractivity (Wildman–Crippen MR) is 75.9 cm³/mol.